The zero-order valence-corrected chi connectivity index (χ0v) is 16.8. The second-order valence-corrected chi connectivity index (χ2v) is 6.93. The number of aryl methyl sites for hydroxylation is 1. The number of hydrogen-bond acceptors (Lipinski definition) is 4. The van der Waals surface area contributed by atoms with Gasteiger partial charge in [-0.2, -0.15) is 0 Å². The van der Waals surface area contributed by atoms with Gasteiger partial charge in [-0.1, -0.05) is 31.5 Å². The number of fused-ring (bicyclic) bond motifs is 1. The number of benzene rings is 2. The number of unbranched alkanes of at least 4 members (excludes halogenated alkanes) is 1. The maximum absolute atomic E-state index is 11.7. The second-order valence-electron chi connectivity index (χ2n) is 6.93. The van der Waals surface area contributed by atoms with Gasteiger partial charge in [-0.3, -0.25) is 4.99 Å². The third-order valence-electron chi connectivity index (χ3n) is 4.80. The molecule has 0 spiro atoms. The molecule has 4 heteroatoms. The van der Waals surface area contributed by atoms with E-state index in [2.05, 4.69) is 13.0 Å². The van der Waals surface area contributed by atoms with Crippen LogP contribution in [0.5, 0.6) is 5.75 Å². The first-order chi connectivity index (χ1) is 13.6. The molecule has 3 rings (SSSR count). The molecule has 0 saturated heterocycles. The van der Waals surface area contributed by atoms with E-state index in [-0.39, 0.29) is 5.78 Å². The minimum Gasteiger partial charge on any atom is -0.497 e. The minimum absolute atomic E-state index is 0.168. The third kappa shape index (κ3) is 4.50. The van der Waals surface area contributed by atoms with Crippen molar-refractivity contribution in [3.63, 3.8) is 0 Å². The standard InChI is InChI=1S/C24H27NO3/c1-4-5-16-25-24-22-9-7-6-8-20(22)21(15-10-17(2)26)23(28-24)18-11-13-19(27-3)14-12-18/h6-9,11-14H,4-5,10,15-16H2,1-3H3. The third-order valence-corrected chi connectivity index (χ3v) is 4.80. The fraction of sp³-hybridized carbons (Fsp3) is 0.333. The molecule has 28 heavy (non-hydrogen) atoms. The number of nitrogens with zero attached hydrogens (tertiary/aromatic N) is 1. The summed E-state index contributed by atoms with van der Waals surface area (Å²) in [4.78, 5) is 16.4. The maximum atomic E-state index is 11.7. The molecule has 0 aliphatic rings. The Labute approximate surface area is 165 Å². The van der Waals surface area contributed by atoms with Crippen molar-refractivity contribution in [2.75, 3.05) is 13.7 Å². The summed E-state index contributed by atoms with van der Waals surface area (Å²) in [6, 6.07) is 16.0. The van der Waals surface area contributed by atoms with Gasteiger partial charge in [0, 0.05) is 29.5 Å². The Kier molecular flexibility index (Phi) is 6.64. The molecule has 0 aliphatic heterocycles. The van der Waals surface area contributed by atoms with Crippen molar-refractivity contribution >= 4 is 16.6 Å². The van der Waals surface area contributed by atoms with Crippen LogP contribution in [-0.2, 0) is 11.2 Å². The average Bonchev–Trinajstić information content (AvgIpc) is 2.72. The SMILES string of the molecule is CCCCN=c1oc(-c2ccc(OC)cc2)c(CCC(C)=O)c2ccccc12. The second kappa shape index (κ2) is 9.36. The zero-order valence-electron chi connectivity index (χ0n) is 16.8. The largest absolute Gasteiger partial charge is 0.497 e. The fourth-order valence-corrected chi connectivity index (χ4v) is 3.25. The van der Waals surface area contributed by atoms with E-state index in [0.717, 1.165) is 52.8 Å². The highest BCUT2D eigenvalue weighted by Gasteiger charge is 2.15. The van der Waals surface area contributed by atoms with Gasteiger partial charge in [0.1, 0.15) is 17.3 Å². The summed E-state index contributed by atoms with van der Waals surface area (Å²) in [7, 11) is 1.65. The van der Waals surface area contributed by atoms with Crippen molar-refractivity contribution in [1.82, 2.24) is 0 Å². The Hall–Kier alpha value is -2.88. The Morgan fingerprint density at radius 3 is 2.43 bits per heavy atom. The first kappa shape index (κ1) is 19.9. The number of rotatable bonds is 8. The van der Waals surface area contributed by atoms with E-state index in [1.54, 1.807) is 14.0 Å². The van der Waals surface area contributed by atoms with Crippen LogP contribution in [0.15, 0.2) is 57.9 Å². The molecule has 0 N–H and O–H groups in total. The number of carbonyl (C=O) groups is 1. The monoisotopic (exact) mass is 377 g/mol. The number of ether oxygens (including phenoxy) is 1. The van der Waals surface area contributed by atoms with Crippen molar-refractivity contribution in [1.29, 1.82) is 0 Å². The van der Waals surface area contributed by atoms with Crippen LogP contribution in [0, 0.1) is 0 Å². The van der Waals surface area contributed by atoms with Crippen LogP contribution >= 0.6 is 0 Å². The summed E-state index contributed by atoms with van der Waals surface area (Å²) in [5, 5.41) is 2.09. The first-order valence-electron chi connectivity index (χ1n) is 9.83. The van der Waals surface area contributed by atoms with Gasteiger partial charge in [0.2, 0.25) is 5.55 Å². The molecule has 0 atom stereocenters. The quantitative estimate of drug-likeness (QED) is 0.499. The molecule has 0 fully saturated rings. The van der Waals surface area contributed by atoms with Gasteiger partial charge >= 0.3 is 0 Å². The number of ketones is 1. The smallest absolute Gasteiger partial charge is 0.222 e. The Morgan fingerprint density at radius 1 is 1.07 bits per heavy atom. The van der Waals surface area contributed by atoms with E-state index < -0.39 is 0 Å². The van der Waals surface area contributed by atoms with Gasteiger partial charge in [-0.05, 0) is 55.5 Å². The molecule has 0 aliphatic carbocycles. The van der Waals surface area contributed by atoms with Crippen molar-refractivity contribution < 1.29 is 13.9 Å². The normalized spacial score (nSPS) is 11.8. The summed E-state index contributed by atoms with van der Waals surface area (Å²) in [6.45, 7) is 4.51. The van der Waals surface area contributed by atoms with Gasteiger partial charge in [-0.25, -0.2) is 0 Å². The summed E-state index contributed by atoms with van der Waals surface area (Å²) < 4.78 is 11.6. The van der Waals surface area contributed by atoms with E-state index >= 15 is 0 Å². The molecule has 146 valence electrons. The molecule has 0 unspecified atom stereocenters. The average molecular weight is 377 g/mol. The van der Waals surface area contributed by atoms with Gasteiger partial charge in [0.15, 0.2) is 0 Å². The molecule has 0 saturated carbocycles. The van der Waals surface area contributed by atoms with E-state index in [4.69, 9.17) is 14.1 Å². The lowest BCUT2D eigenvalue weighted by atomic mass is 9.97. The van der Waals surface area contributed by atoms with Gasteiger partial charge in [0.25, 0.3) is 0 Å². The molecular formula is C24H27NO3. The van der Waals surface area contributed by atoms with Crippen molar-refractivity contribution in [2.24, 2.45) is 4.99 Å². The Morgan fingerprint density at radius 2 is 1.79 bits per heavy atom. The molecular weight excluding hydrogens is 350 g/mol. The highest BCUT2D eigenvalue weighted by Crippen LogP contribution is 2.30. The van der Waals surface area contributed by atoms with Crippen LogP contribution in [0.3, 0.4) is 0 Å². The Balaban J connectivity index is 2.23. The predicted octanol–water partition coefficient (Wildman–Crippen LogP) is 5.33. The molecule has 1 heterocycles. The van der Waals surface area contributed by atoms with Crippen molar-refractivity contribution in [2.45, 2.75) is 39.5 Å². The van der Waals surface area contributed by atoms with E-state index in [1.165, 1.54) is 0 Å². The van der Waals surface area contributed by atoms with Crippen LogP contribution in [0.4, 0.5) is 0 Å². The molecule has 0 bridgehead atoms. The van der Waals surface area contributed by atoms with Gasteiger partial charge < -0.3 is 13.9 Å². The van der Waals surface area contributed by atoms with Crippen LogP contribution < -0.4 is 10.3 Å². The summed E-state index contributed by atoms with van der Waals surface area (Å²) in [5.41, 5.74) is 2.66. The predicted molar refractivity (Wildman–Crippen MR) is 113 cm³/mol. The molecule has 0 radical (unpaired) electrons. The summed E-state index contributed by atoms with van der Waals surface area (Å²) in [5.74, 6) is 1.74. The lowest BCUT2D eigenvalue weighted by Crippen LogP contribution is -2.09. The lowest BCUT2D eigenvalue weighted by Gasteiger charge is -2.13. The molecule has 2 aromatic carbocycles. The number of hydrogen-bond donors (Lipinski definition) is 0. The maximum Gasteiger partial charge on any atom is 0.222 e. The Bertz CT molecular complexity index is 1020. The minimum atomic E-state index is 0.168. The van der Waals surface area contributed by atoms with Gasteiger partial charge in [0.05, 0.1) is 7.11 Å². The van der Waals surface area contributed by atoms with Gasteiger partial charge in [-0.15, -0.1) is 0 Å². The topological polar surface area (TPSA) is 51.8 Å². The fourth-order valence-electron chi connectivity index (χ4n) is 3.25. The molecule has 4 nitrogen and oxygen atoms in total. The van der Waals surface area contributed by atoms with Crippen LogP contribution in [0.1, 0.15) is 38.7 Å². The van der Waals surface area contributed by atoms with E-state index in [0.29, 0.717) is 18.4 Å². The summed E-state index contributed by atoms with van der Waals surface area (Å²) >= 11 is 0. The molecule has 3 aromatic rings. The highest BCUT2D eigenvalue weighted by molar-refractivity contribution is 5.89. The van der Waals surface area contributed by atoms with E-state index in [1.807, 2.05) is 42.5 Å². The molecule has 0 amide bonds. The van der Waals surface area contributed by atoms with Crippen LogP contribution in [0.2, 0.25) is 0 Å². The lowest BCUT2D eigenvalue weighted by molar-refractivity contribution is -0.116. The number of Topliss-reactive ketones (excluding diaryl/α,β-unsaturated/α-hetero) is 1. The first-order valence-corrected chi connectivity index (χ1v) is 9.83. The van der Waals surface area contributed by atoms with Crippen LogP contribution in [0.25, 0.3) is 22.1 Å². The molecule has 1 aromatic heterocycles. The number of methoxy groups -OCH3 is 1. The van der Waals surface area contributed by atoms with Crippen molar-refractivity contribution in [3.8, 4) is 17.1 Å². The summed E-state index contributed by atoms with van der Waals surface area (Å²) in [6.07, 6.45) is 3.22. The number of carbonyl (C=O) groups excluding carboxylic acids is 1. The van der Waals surface area contributed by atoms with Crippen LogP contribution in [-0.4, -0.2) is 19.4 Å². The van der Waals surface area contributed by atoms with E-state index in [9.17, 15) is 4.79 Å². The van der Waals surface area contributed by atoms with Crippen molar-refractivity contribution in [3.05, 3.63) is 59.6 Å². The zero-order chi connectivity index (χ0) is 19.9. The highest BCUT2D eigenvalue weighted by atomic mass is 16.5.